The van der Waals surface area contributed by atoms with E-state index in [4.69, 9.17) is 39.5 Å². The Morgan fingerprint density at radius 1 is 1.46 bits per heavy atom. The molecule has 2 nitrogen and oxygen atoms in total. The minimum absolute atomic E-state index is 0.0285. The van der Waals surface area contributed by atoms with Crippen molar-refractivity contribution in [1.82, 2.24) is 0 Å². The molecule has 2 aliphatic rings. The van der Waals surface area contributed by atoms with Crippen LogP contribution in [0.4, 0.5) is 0 Å². The largest absolute Gasteiger partial charge is 0.377 e. The third-order valence-electron chi connectivity index (χ3n) is 1.71. The summed E-state index contributed by atoms with van der Waals surface area (Å²) in [5, 5.41) is 0. The van der Waals surface area contributed by atoms with Crippen LogP contribution in [0.15, 0.2) is 0 Å². The Morgan fingerprint density at radius 3 is 2.15 bits per heavy atom. The minimum atomic E-state index is -0.847. The van der Waals surface area contributed by atoms with E-state index in [2.05, 4.69) is 4.74 Å². The van der Waals surface area contributed by atoms with E-state index in [-0.39, 0.29) is 6.10 Å². The molecule has 0 bridgehead atoms. The molecule has 1 heterocycles. The molecule has 0 amide bonds. The lowest BCUT2D eigenvalue weighted by Gasteiger charge is -1.93. The van der Waals surface area contributed by atoms with Crippen molar-refractivity contribution in [3.05, 3.63) is 0 Å². The van der Waals surface area contributed by atoms with Crippen LogP contribution < -0.4 is 0 Å². The molecule has 0 aromatic heterocycles. The fourth-order valence-corrected chi connectivity index (χ4v) is 1.00. The van der Waals surface area contributed by atoms with Gasteiger partial charge in [0.15, 0.2) is 0 Å². The first-order chi connectivity index (χ1) is 6.06. The minimum Gasteiger partial charge on any atom is -0.377 e. The van der Waals surface area contributed by atoms with E-state index in [0.717, 1.165) is 6.61 Å². The van der Waals surface area contributed by atoms with Gasteiger partial charge in [0.1, 0.15) is 6.10 Å². The van der Waals surface area contributed by atoms with Crippen LogP contribution in [0.1, 0.15) is 19.8 Å². The summed E-state index contributed by atoms with van der Waals surface area (Å²) in [7, 11) is 0. The first-order valence-electron chi connectivity index (χ1n) is 4.29. The summed E-state index contributed by atoms with van der Waals surface area (Å²) in [6, 6.07) is 0. The topological polar surface area (TPSA) is 21.8 Å². The molecule has 1 unspecified atom stereocenters. The lowest BCUT2D eigenvalue weighted by Crippen LogP contribution is -1.95. The molecule has 0 spiro atoms. The highest BCUT2D eigenvalue weighted by Crippen LogP contribution is 2.43. The van der Waals surface area contributed by atoms with Gasteiger partial charge < -0.3 is 9.47 Å². The molecule has 0 aromatic carbocycles. The molecule has 2 fully saturated rings. The zero-order chi connectivity index (χ0) is 9.90. The van der Waals surface area contributed by atoms with Gasteiger partial charge in [0.05, 0.1) is 12.7 Å². The number of hydrogen-bond acceptors (Lipinski definition) is 2. The van der Waals surface area contributed by atoms with Crippen LogP contribution in [0, 0.1) is 0 Å². The lowest BCUT2D eigenvalue weighted by atomic mass is 10.6. The standard InChI is InChI=1S/C5H9ClO.C3H4Cl2O/c6-3-4-7-5-1-2-5;1-2-3(4,5)6-2/h5H,1-4H2;2H,1H3. The van der Waals surface area contributed by atoms with Crippen LogP contribution in [0.25, 0.3) is 0 Å². The molecule has 2 rings (SSSR count). The van der Waals surface area contributed by atoms with E-state index in [0.29, 0.717) is 12.0 Å². The highest BCUT2D eigenvalue weighted by atomic mass is 35.5. The molecule has 13 heavy (non-hydrogen) atoms. The molecule has 1 saturated heterocycles. The van der Waals surface area contributed by atoms with Gasteiger partial charge in [-0.05, 0) is 19.8 Å². The average molecular weight is 248 g/mol. The summed E-state index contributed by atoms with van der Waals surface area (Å²) in [6.07, 6.45) is 3.09. The molecule has 1 atom stereocenters. The SMILES string of the molecule is CC1OC1(Cl)Cl.ClCCOC1CC1. The third-order valence-corrected chi connectivity index (χ3v) is 2.65. The Morgan fingerprint density at radius 2 is 1.92 bits per heavy atom. The summed E-state index contributed by atoms with van der Waals surface area (Å²) >= 11 is 16.0. The highest BCUT2D eigenvalue weighted by molar-refractivity contribution is 6.49. The zero-order valence-electron chi connectivity index (χ0n) is 7.43. The summed E-state index contributed by atoms with van der Waals surface area (Å²) in [4.78, 5) is 0. The van der Waals surface area contributed by atoms with Crippen molar-refractivity contribution in [3.63, 3.8) is 0 Å². The fourth-order valence-electron chi connectivity index (χ4n) is 0.648. The van der Waals surface area contributed by atoms with Crippen molar-refractivity contribution in [1.29, 1.82) is 0 Å². The first-order valence-corrected chi connectivity index (χ1v) is 5.58. The quantitative estimate of drug-likeness (QED) is 0.565. The van der Waals surface area contributed by atoms with Gasteiger partial charge >= 0.3 is 0 Å². The maximum atomic E-state index is 5.35. The second-order valence-corrected chi connectivity index (χ2v) is 4.78. The predicted molar refractivity (Wildman–Crippen MR) is 54.7 cm³/mol. The number of halogens is 3. The Hall–Kier alpha value is 0.790. The van der Waals surface area contributed by atoms with E-state index < -0.39 is 4.52 Å². The van der Waals surface area contributed by atoms with Crippen molar-refractivity contribution in [2.24, 2.45) is 0 Å². The number of epoxide rings is 1. The average Bonchev–Trinajstić information content (AvgIpc) is 2.91. The fraction of sp³-hybridized carbons (Fsp3) is 1.00. The Labute approximate surface area is 93.4 Å². The summed E-state index contributed by atoms with van der Waals surface area (Å²) in [6.45, 7) is 2.55. The summed E-state index contributed by atoms with van der Waals surface area (Å²) in [5.41, 5.74) is 0. The van der Waals surface area contributed by atoms with E-state index >= 15 is 0 Å². The van der Waals surface area contributed by atoms with Crippen LogP contribution in [-0.2, 0) is 9.47 Å². The normalized spacial score (nSPS) is 29.1. The van der Waals surface area contributed by atoms with Gasteiger partial charge in [0, 0.05) is 5.88 Å². The number of hydrogen-bond donors (Lipinski definition) is 0. The van der Waals surface area contributed by atoms with Gasteiger partial charge in [0.2, 0.25) is 4.52 Å². The molecular weight excluding hydrogens is 234 g/mol. The molecule has 1 aliphatic heterocycles. The number of ether oxygens (including phenoxy) is 2. The zero-order valence-corrected chi connectivity index (χ0v) is 9.70. The van der Waals surface area contributed by atoms with Crippen LogP contribution >= 0.6 is 34.8 Å². The molecule has 78 valence electrons. The van der Waals surface area contributed by atoms with Crippen molar-refractivity contribution in [2.75, 3.05) is 12.5 Å². The molecule has 1 aliphatic carbocycles. The van der Waals surface area contributed by atoms with Crippen LogP contribution in [-0.4, -0.2) is 29.2 Å². The smallest absolute Gasteiger partial charge is 0.244 e. The first kappa shape index (κ1) is 11.9. The maximum Gasteiger partial charge on any atom is 0.244 e. The number of alkyl halides is 3. The van der Waals surface area contributed by atoms with Crippen molar-refractivity contribution < 1.29 is 9.47 Å². The lowest BCUT2D eigenvalue weighted by molar-refractivity contribution is 0.134. The summed E-state index contributed by atoms with van der Waals surface area (Å²) in [5.74, 6) is 0.635. The van der Waals surface area contributed by atoms with E-state index in [1.807, 2.05) is 6.92 Å². The second kappa shape index (κ2) is 5.04. The molecule has 0 aromatic rings. The summed E-state index contributed by atoms with van der Waals surface area (Å²) < 4.78 is 8.96. The second-order valence-electron chi connectivity index (χ2n) is 3.08. The van der Waals surface area contributed by atoms with Gasteiger partial charge in [-0.3, -0.25) is 0 Å². The van der Waals surface area contributed by atoms with E-state index in [9.17, 15) is 0 Å². The predicted octanol–water partition coefficient (Wildman–Crippen LogP) is 2.94. The number of rotatable bonds is 3. The van der Waals surface area contributed by atoms with E-state index in [1.54, 1.807) is 0 Å². The van der Waals surface area contributed by atoms with Crippen molar-refractivity contribution in [3.8, 4) is 0 Å². The molecule has 5 heteroatoms. The van der Waals surface area contributed by atoms with Crippen LogP contribution in [0.2, 0.25) is 0 Å². The van der Waals surface area contributed by atoms with Crippen molar-refractivity contribution in [2.45, 2.75) is 36.5 Å². The monoisotopic (exact) mass is 246 g/mol. The molecule has 0 N–H and O–H groups in total. The maximum absolute atomic E-state index is 5.35. The Kier molecular flexibility index (Phi) is 4.59. The van der Waals surface area contributed by atoms with Crippen LogP contribution in [0.3, 0.4) is 0 Å². The molecular formula is C8H13Cl3O2. The van der Waals surface area contributed by atoms with Gasteiger partial charge in [0.25, 0.3) is 0 Å². The Bertz CT molecular complexity index is 159. The van der Waals surface area contributed by atoms with Gasteiger partial charge in [-0.25, -0.2) is 0 Å². The molecule has 0 radical (unpaired) electrons. The van der Waals surface area contributed by atoms with Gasteiger partial charge in [-0.15, -0.1) is 11.6 Å². The Balaban J connectivity index is 0.000000132. The van der Waals surface area contributed by atoms with E-state index in [1.165, 1.54) is 12.8 Å². The van der Waals surface area contributed by atoms with Crippen molar-refractivity contribution >= 4 is 34.8 Å². The van der Waals surface area contributed by atoms with Gasteiger partial charge in [-0.1, -0.05) is 23.2 Å². The highest BCUT2D eigenvalue weighted by Gasteiger charge is 2.50. The van der Waals surface area contributed by atoms with Gasteiger partial charge in [-0.2, -0.15) is 0 Å². The molecule has 1 saturated carbocycles. The van der Waals surface area contributed by atoms with Crippen LogP contribution in [0.5, 0.6) is 0 Å². The third kappa shape index (κ3) is 5.28.